The van der Waals surface area contributed by atoms with Crippen LogP contribution in [0, 0.1) is 5.92 Å². The summed E-state index contributed by atoms with van der Waals surface area (Å²) < 4.78 is 0. The van der Waals surface area contributed by atoms with Crippen LogP contribution < -0.4 is 0 Å². The van der Waals surface area contributed by atoms with Crippen molar-refractivity contribution < 1.29 is 5.21 Å². The minimum atomic E-state index is 0.488. The SMILES string of the molecule is ON1CCCCC1C1CCCCCC1. The quantitative estimate of drug-likeness (QED) is 0.652. The van der Waals surface area contributed by atoms with E-state index in [1.165, 1.54) is 57.8 Å². The number of nitrogens with zero attached hydrogens (tertiary/aromatic N) is 1. The minimum Gasteiger partial charge on any atom is -0.314 e. The van der Waals surface area contributed by atoms with Crippen LogP contribution in [0.5, 0.6) is 0 Å². The molecule has 2 aliphatic rings. The van der Waals surface area contributed by atoms with Crippen LogP contribution in [0.3, 0.4) is 0 Å². The molecule has 1 aliphatic carbocycles. The average Bonchev–Trinajstić information content (AvgIpc) is 2.47. The molecule has 2 heteroatoms. The van der Waals surface area contributed by atoms with Gasteiger partial charge in [0.15, 0.2) is 0 Å². The third kappa shape index (κ3) is 2.48. The van der Waals surface area contributed by atoms with E-state index < -0.39 is 0 Å². The molecule has 82 valence electrons. The summed E-state index contributed by atoms with van der Waals surface area (Å²) in [7, 11) is 0. The first kappa shape index (κ1) is 10.4. The first-order chi connectivity index (χ1) is 6.88. The predicted molar refractivity (Wildman–Crippen MR) is 57.3 cm³/mol. The molecule has 2 fully saturated rings. The van der Waals surface area contributed by atoms with Crippen molar-refractivity contribution in [3.05, 3.63) is 0 Å². The van der Waals surface area contributed by atoms with Gasteiger partial charge in [-0.15, -0.1) is 0 Å². The Morgan fingerprint density at radius 2 is 1.43 bits per heavy atom. The lowest BCUT2D eigenvalue weighted by Gasteiger charge is -2.36. The summed E-state index contributed by atoms with van der Waals surface area (Å²) in [5.74, 6) is 0.780. The van der Waals surface area contributed by atoms with E-state index in [2.05, 4.69) is 0 Å². The maximum atomic E-state index is 9.85. The number of piperidine rings is 1. The van der Waals surface area contributed by atoms with Crippen LogP contribution in [-0.2, 0) is 0 Å². The van der Waals surface area contributed by atoms with Crippen molar-refractivity contribution in [2.24, 2.45) is 5.92 Å². The summed E-state index contributed by atoms with van der Waals surface area (Å²) in [4.78, 5) is 0. The van der Waals surface area contributed by atoms with Gasteiger partial charge in [-0.3, -0.25) is 0 Å². The molecule has 1 saturated heterocycles. The van der Waals surface area contributed by atoms with Crippen LogP contribution in [0.2, 0.25) is 0 Å². The Hall–Kier alpha value is -0.0800. The van der Waals surface area contributed by atoms with Gasteiger partial charge in [0.1, 0.15) is 0 Å². The smallest absolute Gasteiger partial charge is 0.0378 e. The predicted octanol–water partition coefficient (Wildman–Crippen LogP) is 3.20. The van der Waals surface area contributed by atoms with E-state index in [4.69, 9.17) is 0 Å². The first-order valence-corrected chi connectivity index (χ1v) is 6.33. The zero-order valence-electron chi connectivity index (χ0n) is 9.12. The van der Waals surface area contributed by atoms with Crippen LogP contribution in [-0.4, -0.2) is 22.9 Å². The molecule has 1 atom stereocenters. The van der Waals surface area contributed by atoms with E-state index in [1.807, 2.05) is 0 Å². The second-order valence-corrected chi connectivity index (χ2v) is 4.98. The van der Waals surface area contributed by atoms with Gasteiger partial charge in [-0.25, -0.2) is 0 Å². The van der Waals surface area contributed by atoms with Crippen molar-refractivity contribution in [3.63, 3.8) is 0 Å². The van der Waals surface area contributed by atoms with Crippen molar-refractivity contribution in [1.82, 2.24) is 5.06 Å². The lowest BCUT2D eigenvalue weighted by atomic mass is 9.86. The summed E-state index contributed by atoms with van der Waals surface area (Å²) >= 11 is 0. The lowest BCUT2D eigenvalue weighted by molar-refractivity contribution is -0.158. The van der Waals surface area contributed by atoms with Gasteiger partial charge in [-0.2, -0.15) is 5.06 Å². The van der Waals surface area contributed by atoms with Crippen LogP contribution in [0.25, 0.3) is 0 Å². The van der Waals surface area contributed by atoms with E-state index in [9.17, 15) is 5.21 Å². The highest BCUT2D eigenvalue weighted by molar-refractivity contribution is 4.80. The van der Waals surface area contributed by atoms with Gasteiger partial charge in [0, 0.05) is 12.6 Å². The van der Waals surface area contributed by atoms with Crippen LogP contribution >= 0.6 is 0 Å². The van der Waals surface area contributed by atoms with Gasteiger partial charge in [0.05, 0.1) is 0 Å². The summed E-state index contributed by atoms with van der Waals surface area (Å²) in [5.41, 5.74) is 0. The molecule has 1 N–H and O–H groups in total. The Bertz CT molecular complexity index is 164. The lowest BCUT2D eigenvalue weighted by Crippen LogP contribution is -2.41. The van der Waals surface area contributed by atoms with E-state index in [0.717, 1.165) is 12.5 Å². The van der Waals surface area contributed by atoms with Gasteiger partial charge >= 0.3 is 0 Å². The molecule has 0 radical (unpaired) electrons. The molecule has 1 heterocycles. The van der Waals surface area contributed by atoms with Crippen LogP contribution in [0.4, 0.5) is 0 Å². The average molecular weight is 197 g/mol. The van der Waals surface area contributed by atoms with Crippen molar-refractivity contribution in [3.8, 4) is 0 Å². The van der Waals surface area contributed by atoms with Gasteiger partial charge in [-0.05, 0) is 31.6 Å². The fourth-order valence-corrected chi connectivity index (χ4v) is 3.12. The maximum absolute atomic E-state index is 9.85. The standard InChI is InChI=1S/C12H23NO/c14-13-10-6-5-9-12(13)11-7-3-1-2-4-8-11/h11-12,14H,1-10H2. The van der Waals surface area contributed by atoms with Crippen molar-refractivity contribution >= 4 is 0 Å². The van der Waals surface area contributed by atoms with Gasteiger partial charge in [0.25, 0.3) is 0 Å². The fourth-order valence-electron chi connectivity index (χ4n) is 3.12. The number of hydrogen-bond donors (Lipinski definition) is 1. The summed E-state index contributed by atoms with van der Waals surface area (Å²) in [6.07, 6.45) is 12.0. The third-order valence-electron chi connectivity index (χ3n) is 3.96. The molecule has 2 nitrogen and oxygen atoms in total. The number of hydrogen-bond acceptors (Lipinski definition) is 2. The van der Waals surface area contributed by atoms with Gasteiger partial charge in [0.2, 0.25) is 0 Å². The van der Waals surface area contributed by atoms with E-state index in [1.54, 1.807) is 5.06 Å². The highest BCUT2D eigenvalue weighted by atomic mass is 16.5. The summed E-state index contributed by atoms with van der Waals surface area (Å²) in [6.45, 7) is 0.904. The second-order valence-electron chi connectivity index (χ2n) is 4.98. The molecular formula is C12H23NO. The maximum Gasteiger partial charge on any atom is 0.0378 e. The zero-order chi connectivity index (χ0) is 9.80. The highest BCUT2D eigenvalue weighted by Crippen LogP contribution is 2.31. The van der Waals surface area contributed by atoms with E-state index in [0.29, 0.717) is 6.04 Å². The molecule has 2 rings (SSSR count). The zero-order valence-corrected chi connectivity index (χ0v) is 9.12. The van der Waals surface area contributed by atoms with Crippen molar-refractivity contribution in [1.29, 1.82) is 0 Å². The molecule has 1 saturated carbocycles. The third-order valence-corrected chi connectivity index (χ3v) is 3.96. The van der Waals surface area contributed by atoms with Crippen molar-refractivity contribution in [2.75, 3.05) is 6.54 Å². The van der Waals surface area contributed by atoms with E-state index in [-0.39, 0.29) is 0 Å². The molecular weight excluding hydrogens is 174 g/mol. The Labute approximate surface area is 87.3 Å². The Balaban J connectivity index is 1.90. The topological polar surface area (TPSA) is 23.5 Å². The molecule has 0 spiro atoms. The normalized spacial score (nSPS) is 32.8. The molecule has 1 aliphatic heterocycles. The van der Waals surface area contributed by atoms with Crippen LogP contribution in [0.1, 0.15) is 57.8 Å². The van der Waals surface area contributed by atoms with E-state index >= 15 is 0 Å². The number of hydroxylamine groups is 2. The first-order valence-electron chi connectivity index (χ1n) is 6.33. The molecule has 0 aromatic heterocycles. The van der Waals surface area contributed by atoms with Gasteiger partial charge in [-0.1, -0.05) is 32.1 Å². The largest absolute Gasteiger partial charge is 0.314 e. The molecule has 14 heavy (non-hydrogen) atoms. The summed E-state index contributed by atoms with van der Waals surface area (Å²) in [5, 5.41) is 11.5. The Morgan fingerprint density at radius 1 is 0.786 bits per heavy atom. The highest BCUT2D eigenvalue weighted by Gasteiger charge is 2.29. The molecule has 0 aromatic rings. The number of rotatable bonds is 1. The van der Waals surface area contributed by atoms with Crippen molar-refractivity contribution in [2.45, 2.75) is 63.8 Å². The molecule has 1 unspecified atom stereocenters. The monoisotopic (exact) mass is 197 g/mol. The second kappa shape index (κ2) is 5.13. The Morgan fingerprint density at radius 3 is 2.07 bits per heavy atom. The minimum absolute atomic E-state index is 0.488. The molecule has 0 aromatic carbocycles. The van der Waals surface area contributed by atoms with Crippen LogP contribution in [0.15, 0.2) is 0 Å². The summed E-state index contributed by atoms with van der Waals surface area (Å²) in [6, 6.07) is 0.488. The fraction of sp³-hybridized carbons (Fsp3) is 1.00. The Kier molecular flexibility index (Phi) is 3.82. The van der Waals surface area contributed by atoms with Gasteiger partial charge < -0.3 is 5.21 Å². The molecule has 0 bridgehead atoms. The molecule has 0 amide bonds.